The van der Waals surface area contributed by atoms with Gasteiger partial charge in [-0.3, -0.25) is 4.68 Å². The summed E-state index contributed by atoms with van der Waals surface area (Å²) < 4.78 is 3.14. The number of hydrogen-bond acceptors (Lipinski definition) is 2. The molecule has 19 heavy (non-hydrogen) atoms. The van der Waals surface area contributed by atoms with Gasteiger partial charge in [0, 0.05) is 6.54 Å². The van der Waals surface area contributed by atoms with Crippen LogP contribution in [0.25, 0.3) is 0 Å². The molecular weight excluding hydrogens is 302 g/mol. The van der Waals surface area contributed by atoms with Crippen LogP contribution in [0.5, 0.6) is 0 Å². The van der Waals surface area contributed by atoms with Crippen LogP contribution in [0.4, 0.5) is 0 Å². The molecule has 4 heteroatoms. The van der Waals surface area contributed by atoms with Crippen LogP contribution in [0, 0.1) is 0 Å². The standard InChI is InChI=1S/C15H20BrN3/c1-3-19-15(13(16)11-18-19)14(17-2)10-9-12-7-5-4-6-8-12/h4-8,11,14,17H,3,9-10H2,1-2H3. The lowest BCUT2D eigenvalue weighted by Gasteiger charge is -2.18. The number of aromatic nitrogens is 2. The van der Waals surface area contributed by atoms with Crippen molar-refractivity contribution in [1.82, 2.24) is 15.1 Å². The Labute approximate surface area is 123 Å². The highest BCUT2D eigenvalue weighted by Crippen LogP contribution is 2.26. The number of rotatable bonds is 6. The second kappa shape index (κ2) is 6.87. The van der Waals surface area contributed by atoms with Gasteiger partial charge in [0.2, 0.25) is 0 Å². The molecule has 3 nitrogen and oxygen atoms in total. The van der Waals surface area contributed by atoms with Crippen molar-refractivity contribution in [3.63, 3.8) is 0 Å². The van der Waals surface area contributed by atoms with Crippen LogP contribution in [0.3, 0.4) is 0 Å². The SMILES string of the molecule is CCn1ncc(Br)c1C(CCc1ccccc1)NC. The molecule has 0 saturated heterocycles. The average molecular weight is 322 g/mol. The number of halogens is 1. The van der Waals surface area contributed by atoms with Gasteiger partial charge in [-0.15, -0.1) is 0 Å². The van der Waals surface area contributed by atoms with Gasteiger partial charge in [-0.1, -0.05) is 30.3 Å². The third-order valence-corrected chi connectivity index (χ3v) is 3.99. The van der Waals surface area contributed by atoms with E-state index in [0.29, 0.717) is 6.04 Å². The number of benzene rings is 1. The van der Waals surface area contributed by atoms with Crippen molar-refractivity contribution < 1.29 is 0 Å². The molecule has 102 valence electrons. The minimum Gasteiger partial charge on any atom is -0.312 e. The molecule has 0 amide bonds. The zero-order valence-electron chi connectivity index (χ0n) is 11.4. The first-order valence-electron chi connectivity index (χ1n) is 6.68. The maximum atomic E-state index is 4.39. The van der Waals surface area contributed by atoms with Crippen molar-refractivity contribution in [2.45, 2.75) is 32.4 Å². The fourth-order valence-electron chi connectivity index (χ4n) is 2.34. The Morgan fingerprint density at radius 1 is 1.32 bits per heavy atom. The molecule has 0 aliphatic rings. The summed E-state index contributed by atoms with van der Waals surface area (Å²) in [5, 5.41) is 7.79. The summed E-state index contributed by atoms with van der Waals surface area (Å²) in [5.74, 6) is 0. The largest absolute Gasteiger partial charge is 0.312 e. The monoisotopic (exact) mass is 321 g/mol. The summed E-state index contributed by atoms with van der Waals surface area (Å²) in [4.78, 5) is 0. The van der Waals surface area contributed by atoms with Gasteiger partial charge in [-0.05, 0) is 48.3 Å². The van der Waals surface area contributed by atoms with Crippen LogP contribution < -0.4 is 5.32 Å². The fourth-order valence-corrected chi connectivity index (χ4v) is 2.92. The molecule has 0 aliphatic carbocycles. The minimum absolute atomic E-state index is 0.317. The third-order valence-electron chi connectivity index (χ3n) is 3.38. The normalized spacial score (nSPS) is 12.6. The van der Waals surface area contributed by atoms with Crippen LogP contribution in [0.1, 0.15) is 30.6 Å². The Hall–Kier alpha value is -1.13. The van der Waals surface area contributed by atoms with Crippen molar-refractivity contribution in [3.05, 3.63) is 52.3 Å². The summed E-state index contributed by atoms with van der Waals surface area (Å²) in [5.41, 5.74) is 2.61. The van der Waals surface area contributed by atoms with Gasteiger partial charge in [0.15, 0.2) is 0 Å². The number of nitrogens with one attached hydrogen (secondary N) is 1. The highest BCUT2D eigenvalue weighted by atomic mass is 79.9. The first kappa shape index (κ1) is 14.3. The zero-order chi connectivity index (χ0) is 13.7. The van der Waals surface area contributed by atoms with Gasteiger partial charge < -0.3 is 5.32 Å². The maximum absolute atomic E-state index is 4.39. The van der Waals surface area contributed by atoms with Gasteiger partial charge in [0.1, 0.15) is 0 Å². The van der Waals surface area contributed by atoms with Crippen molar-refractivity contribution >= 4 is 15.9 Å². The quantitative estimate of drug-likeness (QED) is 0.881. The van der Waals surface area contributed by atoms with Crippen LogP contribution >= 0.6 is 15.9 Å². The van der Waals surface area contributed by atoms with E-state index in [1.807, 2.05) is 13.2 Å². The molecule has 2 aromatic rings. The van der Waals surface area contributed by atoms with Crippen molar-refractivity contribution in [3.8, 4) is 0 Å². The van der Waals surface area contributed by atoms with Crippen LogP contribution in [0.2, 0.25) is 0 Å². The van der Waals surface area contributed by atoms with E-state index in [-0.39, 0.29) is 0 Å². The second-order valence-corrected chi connectivity index (χ2v) is 5.41. The van der Waals surface area contributed by atoms with E-state index < -0.39 is 0 Å². The van der Waals surface area contributed by atoms with Crippen LogP contribution in [0.15, 0.2) is 41.0 Å². The van der Waals surface area contributed by atoms with E-state index in [1.165, 1.54) is 11.3 Å². The van der Waals surface area contributed by atoms with E-state index >= 15 is 0 Å². The molecule has 0 spiro atoms. The molecular formula is C15H20BrN3. The first-order chi connectivity index (χ1) is 9.26. The summed E-state index contributed by atoms with van der Waals surface area (Å²) in [6, 6.07) is 10.9. The van der Waals surface area contributed by atoms with Gasteiger partial charge in [0.25, 0.3) is 0 Å². The van der Waals surface area contributed by atoms with E-state index in [1.54, 1.807) is 0 Å². The lowest BCUT2D eigenvalue weighted by atomic mass is 10.0. The Balaban J connectivity index is 2.10. The predicted octanol–water partition coefficient (Wildman–Crippen LogP) is 3.56. The van der Waals surface area contributed by atoms with Crippen LogP contribution in [-0.4, -0.2) is 16.8 Å². The van der Waals surface area contributed by atoms with Gasteiger partial charge >= 0.3 is 0 Å². The zero-order valence-corrected chi connectivity index (χ0v) is 13.0. The molecule has 1 N–H and O–H groups in total. The molecule has 1 unspecified atom stereocenters. The Morgan fingerprint density at radius 3 is 2.68 bits per heavy atom. The molecule has 0 saturated carbocycles. The molecule has 2 rings (SSSR count). The average Bonchev–Trinajstić information content (AvgIpc) is 2.82. The number of aryl methyl sites for hydroxylation is 2. The first-order valence-corrected chi connectivity index (χ1v) is 7.48. The predicted molar refractivity (Wildman–Crippen MR) is 82.2 cm³/mol. The summed E-state index contributed by atoms with van der Waals surface area (Å²) in [7, 11) is 2.01. The van der Waals surface area contributed by atoms with E-state index in [2.05, 4.69) is 68.3 Å². The second-order valence-electron chi connectivity index (χ2n) is 4.56. The summed E-state index contributed by atoms with van der Waals surface area (Å²) >= 11 is 3.60. The lowest BCUT2D eigenvalue weighted by molar-refractivity contribution is 0.487. The molecule has 0 aliphatic heterocycles. The Morgan fingerprint density at radius 2 is 2.05 bits per heavy atom. The van der Waals surface area contributed by atoms with Crippen molar-refractivity contribution in [1.29, 1.82) is 0 Å². The highest BCUT2D eigenvalue weighted by molar-refractivity contribution is 9.10. The third kappa shape index (κ3) is 3.45. The van der Waals surface area contributed by atoms with E-state index in [9.17, 15) is 0 Å². The highest BCUT2D eigenvalue weighted by Gasteiger charge is 2.17. The van der Waals surface area contributed by atoms with Crippen molar-refractivity contribution in [2.24, 2.45) is 0 Å². The summed E-state index contributed by atoms with van der Waals surface area (Å²) in [6.45, 7) is 3.01. The molecule has 1 aromatic carbocycles. The molecule has 1 aromatic heterocycles. The molecule has 1 atom stereocenters. The van der Waals surface area contributed by atoms with Crippen LogP contribution in [-0.2, 0) is 13.0 Å². The smallest absolute Gasteiger partial charge is 0.0695 e. The molecule has 1 heterocycles. The Kier molecular flexibility index (Phi) is 5.16. The lowest BCUT2D eigenvalue weighted by Crippen LogP contribution is -2.21. The minimum atomic E-state index is 0.317. The van der Waals surface area contributed by atoms with Gasteiger partial charge in [-0.25, -0.2) is 0 Å². The summed E-state index contributed by atoms with van der Waals surface area (Å²) in [6.07, 6.45) is 4.00. The molecule has 0 fully saturated rings. The van der Waals surface area contributed by atoms with E-state index in [0.717, 1.165) is 23.9 Å². The van der Waals surface area contributed by atoms with Gasteiger partial charge in [0.05, 0.1) is 22.4 Å². The molecule has 0 bridgehead atoms. The van der Waals surface area contributed by atoms with Gasteiger partial charge in [-0.2, -0.15) is 5.10 Å². The number of hydrogen-bond donors (Lipinski definition) is 1. The fraction of sp³-hybridized carbons (Fsp3) is 0.400. The number of nitrogens with zero attached hydrogens (tertiary/aromatic N) is 2. The van der Waals surface area contributed by atoms with E-state index in [4.69, 9.17) is 0 Å². The molecule has 0 radical (unpaired) electrons. The topological polar surface area (TPSA) is 29.9 Å². The Bertz CT molecular complexity index is 507. The van der Waals surface area contributed by atoms with Crippen molar-refractivity contribution in [2.75, 3.05) is 7.05 Å². The maximum Gasteiger partial charge on any atom is 0.0695 e.